The van der Waals surface area contributed by atoms with Gasteiger partial charge in [-0.05, 0) is 29.7 Å². The van der Waals surface area contributed by atoms with Crippen molar-refractivity contribution < 1.29 is 23.5 Å². The Labute approximate surface area is 149 Å². The minimum absolute atomic E-state index is 0.0309. The van der Waals surface area contributed by atoms with Gasteiger partial charge in [-0.3, -0.25) is 4.79 Å². The molecule has 0 aliphatic heterocycles. The number of ether oxygens (including phenoxy) is 2. The third-order valence-corrected chi connectivity index (χ3v) is 3.77. The van der Waals surface area contributed by atoms with E-state index in [0.29, 0.717) is 5.75 Å². The van der Waals surface area contributed by atoms with Gasteiger partial charge < -0.3 is 14.8 Å². The van der Waals surface area contributed by atoms with Crippen LogP contribution in [0.1, 0.15) is 10.4 Å². The van der Waals surface area contributed by atoms with Crippen LogP contribution in [-0.4, -0.2) is 25.6 Å². The molecule has 3 aromatic carbocycles. The molecule has 0 aromatic heterocycles. The number of methoxy groups -OCH3 is 1. The molecule has 0 saturated carbocycles. The first-order chi connectivity index (χ1) is 12.6. The molecule has 0 unspecified atom stereocenters. The summed E-state index contributed by atoms with van der Waals surface area (Å²) in [6.07, 6.45) is 0. The van der Waals surface area contributed by atoms with Crippen molar-refractivity contribution in [2.24, 2.45) is 0 Å². The molecule has 3 aromatic rings. The largest absolute Gasteiger partial charge is 0.483 e. The number of halogens is 1. The number of carbonyl (C=O) groups is 2. The summed E-state index contributed by atoms with van der Waals surface area (Å²) in [6.45, 7) is -0.287. The normalized spacial score (nSPS) is 10.4. The van der Waals surface area contributed by atoms with E-state index in [0.717, 1.165) is 22.9 Å². The first-order valence-electron chi connectivity index (χ1n) is 7.87. The maximum Gasteiger partial charge on any atom is 0.339 e. The van der Waals surface area contributed by atoms with Gasteiger partial charge in [0.15, 0.2) is 6.61 Å². The Morgan fingerprint density at radius 1 is 1.04 bits per heavy atom. The van der Waals surface area contributed by atoms with Gasteiger partial charge in [-0.1, -0.05) is 36.4 Å². The second-order valence-electron chi connectivity index (χ2n) is 5.50. The number of anilines is 1. The highest BCUT2D eigenvalue weighted by Gasteiger charge is 2.15. The van der Waals surface area contributed by atoms with Crippen molar-refractivity contribution in [3.05, 3.63) is 72.0 Å². The quantitative estimate of drug-likeness (QED) is 0.709. The molecule has 0 saturated heterocycles. The molecule has 0 atom stereocenters. The maximum atomic E-state index is 13.5. The van der Waals surface area contributed by atoms with Crippen molar-refractivity contribution in [2.45, 2.75) is 0 Å². The van der Waals surface area contributed by atoms with Gasteiger partial charge in [-0.2, -0.15) is 0 Å². The van der Waals surface area contributed by atoms with E-state index in [2.05, 4.69) is 10.1 Å². The second kappa shape index (κ2) is 7.65. The average molecular weight is 353 g/mol. The van der Waals surface area contributed by atoms with Crippen LogP contribution in [0.5, 0.6) is 5.75 Å². The van der Waals surface area contributed by atoms with Crippen LogP contribution < -0.4 is 10.1 Å². The van der Waals surface area contributed by atoms with E-state index in [4.69, 9.17) is 4.74 Å². The Morgan fingerprint density at radius 3 is 2.62 bits per heavy atom. The lowest BCUT2D eigenvalue weighted by atomic mass is 10.1. The van der Waals surface area contributed by atoms with Crippen molar-refractivity contribution in [3.63, 3.8) is 0 Å². The summed E-state index contributed by atoms with van der Waals surface area (Å²) in [7, 11) is 1.21. The molecule has 3 rings (SSSR count). The first-order valence-corrected chi connectivity index (χ1v) is 7.87. The van der Waals surface area contributed by atoms with Gasteiger partial charge in [0.1, 0.15) is 11.6 Å². The van der Waals surface area contributed by atoms with Crippen LogP contribution in [-0.2, 0) is 9.53 Å². The minimum atomic E-state index is -0.671. The average Bonchev–Trinajstić information content (AvgIpc) is 2.66. The van der Waals surface area contributed by atoms with Crippen LogP contribution in [0.3, 0.4) is 0 Å². The molecule has 0 spiro atoms. The lowest BCUT2D eigenvalue weighted by molar-refractivity contribution is -0.118. The maximum absolute atomic E-state index is 13.5. The topological polar surface area (TPSA) is 64.6 Å². The van der Waals surface area contributed by atoms with E-state index in [9.17, 15) is 14.0 Å². The first kappa shape index (κ1) is 17.4. The summed E-state index contributed by atoms with van der Waals surface area (Å²) in [5.41, 5.74) is 0.0933. The molecule has 0 fully saturated rings. The number of fused-ring (bicyclic) bond motifs is 1. The van der Waals surface area contributed by atoms with E-state index in [1.807, 2.05) is 36.4 Å². The fraction of sp³-hybridized carbons (Fsp3) is 0.100. The van der Waals surface area contributed by atoms with Crippen LogP contribution >= 0.6 is 0 Å². The number of carbonyl (C=O) groups excluding carboxylic acids is 2. The number of esters is 1. The van der Waals surface area contributed by atoms with Gasteiger partial charge >= 0.3 is 5.97 Å². The van der Waals surface area contributed by atoms with Gasteiger partial charge in [0, 0.05) is 5.39 Å². The summed E-state index contributed by atoms with van der Waals surface area (Å²) >= 11 is 0. The number of nitrogens with one attached hydrogen (secondary N) is 1. The highest BCUT2D eigenvalue weighted by Crippen LogP contribution is 2.25. The molecule has 0 heterocycles. The lowest BCUT2D eigenvalue weighted by Gasteiger charge is -2.12. The zero-order valence-electron chi connectivity index (χ0n) is 14.0. The third kappa shape index (κ3) is 3.80. The number of hydrogen-bond donors (Lipinski definition) is 1. The van der Waals surface area contributed by atoms with Gasteiger partial charge in [-0.15, -0.1) is 0 Å². The van der Waals surface area contributed by atoms with Gasteiger partial charge in [0.25, 0.3) is 5.91 Å². The van der Waals surface area contributed by atoms with E-state index in [-0.39, 0.29) is 17.9 Å². The Kier molecular flexibility index (Phi) is 5.12. The zero-order valence-corrected chi connectivity index (χ0v) is 14.0. The van der Waals surface area contributed by atoms with Crippen molar-refractivity contribution in [1.82, 2.24) is 0 Å². The van der Waals surface area contributed by atoms with Crippen LogP contribution in [0.15, 0.2) is 60.7 Å². The number of benzene rings is 3. The molecule has 1 amide bonds. The van der Waals surface area contributed by atoms with E-state index >= 15 is 0 Å². The molecule has 0 bridgehead atoms. The van der Waals surface area contributed by atoms with Crippen LogP contribution in [0.2, 0.25) is 0 Å². The molecule has 6 heteroatoms. The molecule has 1 N–H and O–H groups in total. The summed E-state index contributed by atoms with van der Waals surface area (Å²) in [5.74, 6) is -1.21. The number of hydrogen-bond acceptors (Lipinski definition) is 4. The zero-order chi connectivity index (χ0) is 18.5. The summed E-state index contributed by atoms with van der Waals surface area (Å²) in [6, 6.07) is 16.6. The Balaban J connectivity index is 1.73. The standard InChI is InChI=1S/C20H16FNO4/c1-25-20(24)16-10-9-14(21)11-17(16)22-19(23)12-26-18-8-4-6-13-5-2-3-7-15(13)18/h2-11H,12H2,1H3,(H,22,23). The summed E-state index contributed by atoms with van der Waals surface area (Å²) < 4.78 is 23.7. The SMILES string of the molecule is COC(=O)c1ccc(F)cc1NC(=O)COc1cccc2ccccc12. The molecule has 26 heavy (non-hydrogen) atoms. The van der Waals surface area contributed by atoms with Gasteiger partial charge in [0.05, 0.1) is 18.4 Å². The molecular weight excluding hydrogens is 337 g/mol. The van der Waals surface area contributed by atoms with E-state index in [1.165, 1.54) is 13.2 Å². The Bertz CT molecular complexity index is 966. The fourth-order valence-electron chi connectivity index (χ4n) is 2.56. The Hall–Kier alpha value is -3.41. The molecule has 0 aliphatic rings. The van der Waals surface area contributed by atoms with Crippen LogP contribution in [0.25, 0.3) is 10.8 Å². The van der Waals surface area contributed by atoms with Crippen molar-refractivity contribution in [3.8, 4) is 5.75 Å². The number of rotatable bonds is 5. The van der Waals surface area contributed by atoms with Gasteiger partial charge in [0.2, 0.25) is 0 Å². The second-order valence-corrected chi connectivity index (χ2v) is 5.50. The molecule has 132 valence electrons. The Morgan fingerprint density at radius 2 is 1.81 bits per heavy atom. The lowest BCUT2D eigenvalue weighted by Crippen LogP contribution is -2.22. The molecular formula is C20H16FNO4. The summed E-state index contributed by atoms with van der Waals surface area (Å²) in [5, 5.41) is 4.35. The van der Waals surface area contributed by atoms with Crippen molar-refractivity contribution in [2.75, 3.05) is 19.0 Å². The summed E-state index contributed by atoms with van der Waals surface area (Å²) in [4.78, 5) is 23.9. The fourth-order valence-corrected chi connectivity index (χ4v) is 2.56. The molecule has 5 nitrogen and oxygen atoms in total. The predicted molar refractivity (Wildman–Crippen MR) is 95.8 cm³/mol. The van der Waals surface area contributed by atoms with E-state index in [1.54, 1.807) is 6.07 Å². The minimum Gasteiger partial charge on any atom is -0.483 e. The third-order valence-electron chi connectivity index (χ3n) is 3.77. The van der Waals surface area contributed by atoms with Crippen molar-refractivity contribution in [1.29, 1.82) is 0 Å². The molecule has 0 aliphatic carbocycles. The molecule has 0 radical (unpaired) electrons. The van der Waals surface area contributed by atoms with Crippen LogP contribution in [0.4, 0.5) is 10.1 Å². The number of amides is 1. The smallest absolute Gasteiger partial charge is 0.339 e. The van der Waals surface area contributed by atoms with E-state index < -0.39 is 17.7 Å². The van der Waals surface area contributed by atoms with Crippen LogP contribution in [0, 0.1) is 5.82 Å². The monoisotopic (exact) mass is 353 g/mol. The highest BCUT2D eigenvalue weighted by molar-refractivity contribution is 6.01. The predicted octanol–water partition coefficient (Wildman–Crippen LogP) is 3.78. The van der Waals surface area contributed by atoms with Gasteiger partial charge in [-0.25, -0.2) is 9.18 Å². The highest BCUT2D eigenvalue weighted by atomic mass is 19.1. The van der Waals surface area contributed by atoms with Crippen molar-refractivity contribution >= 4 is 28.3 Å².